The van der Waals surface area contributed by atoms with Crippen molar-refractivity contribution >= 4 is 40.3 Å². The van der Waals surface area contributed by atoms with Crippen molar-refractivity contribution in [2.24, 2.45) is 10.8 Å². The number of carbonyl (C=O) groups excluding carboxylic acids is 1. The molecule has 10 heteroatoms. The van der Waals surface area contributed by atoms with Crippen molar-refractivity contribution in [1.82, 2.24) is 5.43 Å². The van der Waals surface area contributed by atoms with E-state index in [0.717, 1.165) is 0 Å². The Balaban J connectivity index is 2.82. The first-order valence-electron chi connectivity index (χ1n) is 6.04. The monoisotopic (exact) mass is 325 g/mol. The average molecular weight is 325 g/mol. The van der Waals surface area contributed by atoms with Gasteiger partial charge in [0.1, 0.15) is 11.4 Å². The Morgan fingerprint density at radius 3 is 2.77 bits per heavy atom. The maximum absolute atomic E-state index is 11.9. The van der Waals surface area contributed by atoms with Crippen LogP contribution in [0.4, 0.5) is 11.4 Å². The molecule has 9 nitrogen and oxygen atoms in total. The van der Waals surface area contributed by atoms with Crippen LogP contribution in [-0.4, -0.2) is 28.8 Å². The number of hydrazone groups is 1. The van der Waals surface area contributed by atoms with Gasteiger partial charge in [-0.1, -0.05) is 0 Å². The molecule has 0 bridgehead atoms. The highest BCUT2D eigenvalue weighted by atomic mass is 32.1. The van der Waals surface area contributed by atoms with Crippen LogP contribution in [0.3, 0.4) is 0 Å². The number of nitrogens with zero attached hydrogens (tertiary/aromatic N) is 2. The van der Waals surface area contributed by atoms with Gasteiger partial charge >= 0.3 is 0 Å². The Hall–Kier alpha value is -2.75. The fraction of sp³-hybridized carbons (Fsp3) is 0.250. The Morgan fingerprint density at radius 2 is 2.23 bits per heavy atom. The minimum absolute atomic E-state index is 0.0226. The van der Waals surface area contributed by atoms with Gasteiger partial charge in [0.05, 0.1) is 24.5 Å². The minimum atomic E-state index is -0.604. The lowest BCUT2D eigenvalue weighted by Crippen LogP contribution is -2.26. The summed E-state index contributed by atoms with van der Waals surface area (Å²) < 4.78 is 4.92. The van der Waals surface area contributed by atoms with Crippen LogP contribution >= 0.6 is 12.2 Å². The molecular weight excluding hydrogens is 310 g/mol. The number of nitro benzene ring substituents is 1. The number of hydrogen-bond acceptors (Lipinski definition) is 6. The third kappa shape index (κ3) is 5.32. The number of thiocarbonyl (C=S) groups is 1. The predicted octanol–water partition coefficient (Wildman–Crippen LogP) is 1.14. The number of anilines is 1. The zero-order valence-corrected chi connectivity index (χ0v) is 12.8. The molecule has 0 aliphatic rings. The molecule has 22 heavy (non-hydrogen) atoms. The van der Waals surface area contributed by atoms with Crippen molar-refractivity contribution in [3.05, 3.63) is 28.3 Å². The summed E-state index contributed by atoms with van der Waals surface area (Å²) >= 11 is 4.57. The number of nitrogens with two attached hydrogens (primary N) is 1. The Kier molecular flexibility index (Phi) is 6.20. The summed E-state index contributed by atoms with van der Waals surface area (Å²) in [6, 6.07) is 4.14. The molecule has 118 valence electrons. The smallest absolute Gasteiger partial charge is 0.296 e. The molecule has 1 rings (SSSR count). The fourth-order valence-corrected chi connectivity index (χ4v) is 1.56. The van der Waals surface area contributed by atoms with Crippen LogP contribution < -0.4 is 21.2 Å². The SMILES string of the molecule is COc1ccc(NC(=O)CC(C)=NNC(N)=S)c([N+](=O)[O-])c1. The van der Waals surface area contributed by atoms with Gasteiger partial charge in [-0.2, -0.15) is 5.10 Å². The van der Waals surface area contributed by atoms with Crippen molar-refractivity contribution < 1.29 is 14.5 Å². The van der Waals surface area contributed by atoms with E-state index in [4.69, 9.17) is 10.5 Å². The fourth-order valence-electron chi connectivity index (χ4n) is 1.51. The number of nitrogens with one attached hydrogen (secondary N) is 2. The summed E-state index contributed by atoms with van der Waals surface area (Å²) in [7, 11) is 1.39. The van der Waals surface area contributed by atoms with Crippen LogP contribution in [-0.2, 0) is 4.79 Å². The van der Waals surface area contributed by atoms with Crippen molar-refractivity contribution in [3.63, 3.8) is 0 Å². The number of ether oxygens (including phenoxy) is 1. The summed E-state index contributed by atoms with van der Waals surface area (Å²) in [4.78, 5) is 22.3. The van der Waals surface area contributed by atoms with Crippen molar-refractivity contribution in [3.8, 4) is 5.75 Å². The van der Waals surface area contributed by atoms with Crippen LogP contribution in [0.1, 0.15) is 13.3 Å². The Labute approximate surface area is 131 Å². The summed E-state index contributed by atoms with van der Waals surface area (Å²) in [5.41, 5.74) is 7.79. The van der Waals surface area contributed by atoms with E-state index in [9.17, 15) is 14.9 Å². The van der Waals surface area contributed by atoms with Crippen LogP contribution in [0.15, 0.2) is 23.3 Å². The van der Waals surface area contributed by atoms with Gasteiger partial charge in [0.2, 0.25) is 5.91 Å². The van der Waals surface area contributed by atoms with E-state index < -0.39 is 10.8 Å². The summed E-state index contributed by atoms with van der Waals surface area (Å²) in [6.07, 6.45) is -0.0706. The van der Waals surface area contributed by atoms with Gasteiger partial charge in [0.15, 0.2) is 5.11 Å². The van der Waals surface area contributed by atoms with Gasteiger partial charge < -0.3 is 15.8 Å². The first-order valence-corrected chi connectivity index (χ1v) is 6.45. The summed E-state index contributed by atoms with van der Waals surface area (Å²) in [5.74, 6) is -0.137. The highest BCUT2D eigenvalue weighted by Gasteiger charge is 2.17. The highest BCUT2D eigenvalue weighted by molar-refractivity contribution is 7.80. The van der Waals surface area contributed by atoms with Crippen LogP contribution in [0.25, 0.3) is 0 Å². The highest BCUT2D eigenvalue weighted by Crippen LogP contribution is 2.28. The number of carbonyl (C=O) groups is 1. The van der Waals surface area contributed by atoms with Gasteiger partial charge in [-0.05, 0) is 31.3 Å². The molecule has 4 N–H and O–H groups in total. The number of nitro groups is 1. The van der Waals surface area contributed by atoms with Crippen molar-refractivity contribution in [2.45, 2.75) is 13.3 Å². The standard InChI is InChI=1S/C12H15N5O4S/c1-7(15-16-12(13)22)5-11(18)14-9-4-3-8(21-2)6-10(9)17(19)20/h3-4,6H,5H2,1-2H3,(H,14,18)(H3,13,16,22). The number of rotatable bonds is 6. The average Bonchev–Trinajstić information content (AvgIpc) is 2.45. The van der Waals surface area contributed by atoms with Crippen LogP contribution in [0, 0.1) is 10.1 Å². The minimum Gasteiger partial charge on any atom is -0.496 e. The first kappa shape index (κ1) is 17.3. The maximum atomic E-state index is 11.9. The second kappa shape index (κ2) is 7.88. The number of benzene rings is 1. The molecule has 1 aromatic carbocycles. The third-order valence-corrected chi connectivity index (χ3v) is 2.54. The Bertz CT molecular complexity index is 632. The number of methoxy groups -OCH3 is 1. The lowest BCUT2D eigenvalue weighted by atomic mass is 10.2. The van der Waals surface area contributed by atoms with Gasteiger partial charge in [-0.25, -0.2) is 0 Å². The normalized spacial score (nSPS) is 10.7. The zero-order valence-electron chi connectivity index (χ0n) is 12.0. The van der Waals surface area contributed by atoms with E-state index in [0.29, 0.717) is 11.5 Å². The maximum Gasteiger partial charge on any atom is 0.296 e. The lowest BCUT2D eigenvalue weighted by molar-refractivity contribution is -0.384. The molecule has 0 radical (unpaired) electrons. The lowest BCUT2D eigenvalue weighted by Gasteiger charge is -2.07. The number of amides is 1. The first-order chi connectivity index (χ1) is 10.3. The Morgan fingerprint density at radius 1 is 1.55 bits per heavy atom. The molecule has 0 fully saturated rings. The second-order valence-corrected chi connectivity index (χ2v) is 4.63. The molecule has 1 aromatic rings. The predicted molar refractivity (Wildman–Crippen MR) is 85.9 cm³/mol. The number of hydrogen-bond donors (Lipinski definition) is 3. The van der Waals surface area contributed by atoms with E-state index in [1.54, 1.807) is 6.92 Å². The molecule has 0 aromatic heterocycles. The second-order valence-electron chi connectivity index (χ2n) is 4.19. The van der Waals surface area contributed by atoms with E-state index in [2.05, 4.69) is 28.1 Å². The largest absolute Gasteiger partial charge is 0.496 e. The molecule has 0 aliphatic carbocycles. The molecule has 0 heterocycles. The third-order valence-electron chi connectivity index (χ3n) is 2.45. The molecule has 0 saturated carbocycles. The van der Waals surface area contributed by atoms with Gasteiger partial charge in [-0.15, -0.1) is 0 Å². The van der Waals surface area contributed by atoms with Crippen LogP contribution in [0.5, 0.6) is 5.75 Å². The van der Waals surface area contributed by atoms with E-state index in [1.165, 1.54) is 25.3 Å². The van der Waals surface area contributed by atoms with Crippen LogP contribution in [0.2, 0.25) is 0 Å². The molecule has 0 atom stereocenters. The van der Waals surface area contributed by atoms with Gasteiger partial charge in [0, 0.05) is 5.71 Å². The van der Waals surface area contributed by atoms with Gasteiger partial charge in [-0.3, -0.25) is 20.3 Å². The van der Waals surface area contributed by atoms with E-state index >= 15 is 0 Å². The van der Waals surface area contributed by atoms with Crippen molar-refractivity contribution in [2.75, 3.05) is 12.4 Å². The van der Waals surface area contributed by atoms with Crippen molar-refractivity contribution in [1.29, 1.82) is 0 Å². The van der Waals surface area contributed by atoms with Gasteiger partial charge in [0.25, 0.3) is 5.69 Å². The summed E-state index contributed by atoms with van der Waals surface area (Å²) in [5, 5.41) is 17.2. The zero-order chi connectivity index (χ0) is 16.7. The quantitative estimate of drug-likeness (QED) is 0.309. The molecule has 0 saturated heterocycles. The molecule has 0 aliphatic heterocycles. The van der Waals surface area contributed by atoms with E-state index in [1.807, 2.05) is 0 Å². The molecule has 0 spiro atoms. The molecule has 0 unspecified atom stereocenters. The molecule has 1 amide bonds. The molecular formula is C12H15N5O4S. The summed E-state index contributed by atoms with van der Waals surface area (Å²) in [6.45, 7) is 1.59. The topological polar surface area (TPSA) is 132 Å². The van der Waals surface area contributed by atoms with E-state index in [-0.39, 0.29) is 22.9 Å².